The van der Waals surface area contributed by atoms with Gasteiger partial charge in [0.05, 0.1) is 0 Å². The van der Waals surface area contributed by atoms with Crippen molar-refractivity contribution in [3.63, 3.8) is 0 Å². The minimum absolute atomic E-state index is 0.586. The van der Waals surface area contributed by atoms with E-state index in [-0.39, 0.29) is 0 Å². The normalized spacial score (nSPS) is 17.7. The number of hydrogen-bond acceptors (Lipinski definition) is 2. The zero-order chi connectivity index (χ0) is 16.9. The van der Waals surface area contributed by atoms with E-state index in [0.717, 1.165) is 6.54 Å². The van der Waals surface area contributed by atoms with Gasteiger partial charge < -0.3 is 9.80 Å². The molecule has 136 valence electrons. The van der Waals surface area contributed by atoms with Gasteiger partial charge in [-0.05, 0) is 19.3 Å². The van der Waals surface area contributed by atoms with Crippen LogP contribution in [0.2, 0.25) is 0 Å². The van der Waals surface area contributed by atoms with Crippen LogP contribution in [0.25, 0.3) is 0 Å². The topological polar surface area (TPSA) is 6.48 Å². The summed E-state index contributed by atoms with van der Waals surface area (Å²) in [6.07, 6.45) is 20.9. The summed E-state index contributed by atoms with van der Waals surface area (Å²) in [7, 11) is 0. The zero-order valence-corrected chi connectivity index (χ0v) is 16.4. The fourth-order valence-electron chi connectivity index (χ4n) is 3.76. The molecule has 0 amide bonds. The molecule has 1 aliphatic heterocycles. The molecule has 1 unspecified atom stereocenters. The maximum atomic E-state index is 2.56. The molecular weight excluding hydrogens is 280 g/mol. The first-order valence-electron chi connectivity index (χ1n) is 10.4. The molecule has 0 N–H and O–H groups in total. The fourth-order valence-corrected chi connectivity index (χ4v) is 3.76. The number of hydrogen-bond donors (Lipinski definition) is 0. The van der Waals surface area contributed by atoms with Gasteiger partial charge >= 0.3 is 0 Å². The lowest BCUT2D eigenvalue weighted by Crippen LogP contribution is -2.42. The highest BCUT2D eigenvalue weighted by Gasteiger charge is 2.27. The molecule has 1 atom stereocenters. The van der Waals surface area contributed by atoms with Crippen LogP contribution in [0.3, 0.4) is 0 Å². The van der Waals surface area contributed by atoms with Gasteiger partial charge in [-0.3, -0.25) is 0 Å². The monoisotopic (exact) mass is 322 g/mol. The van der Waals surface area contributed by atoms with E-state index in [1.807, 2.05) is 0 Å². The third-order valence-electron chi connectivity index (χ3n) is 5.11. The molecular formula is C21H42N2. The molecule has 1 rings (SSSR count). The Kier molecular flexibility index (Phi) is 11.3. The lowest BCUT2D eigenvalue weighted by atomic mass is 10.1. The Morgan fingerprint density at radius 1 is 0.696 bits per heavy atom. The van der Waals surface area contributed by atoms with Crippen LogP contribution in [0.5, 0.6) is 0 Å². The number of rotatable bonds is 14. The second-order valence-electron chi connectivity index (χ2n) is 7.56. The van der Waals surface area contributed by atoms with Crippen LogP contribution >= 0.6 is 0 Å². The van der Waals surface area contributed by atoms with Crippen LogP contribution in [0.4, 0.5) is 0 Å². The van der Waals surface area contributed by atoms with E-state index in [1.165, 1.54) is 77.2 Å². The van der Waals surface area contributed by atoms with Gasteiger partial charge in [-0.15, -0.1) is 0 Å². The minimum atomic E-state index is 0.586. The summed E-state index contributed by atoms with van der Waals surface area (Å²) < 4.78 is 0. The van der Waals surface area contributed by atoms with Crippen LogP contribution in [0.1, 0.15) is 98.3 Å². The summed E-state index contributed by atoms with van der Waals surface area (Å²) in [6.45, 7) is 11.6. The van der Waals surface area contributed by atoms with E-state index < -0.39 is 0 Å². The van der Waals surface area contributed by atoms with Crippen molar-refractivity contribution in [1.82, 2.24) is 9.80 Å². The van der Waals surface area contributed by atoms with Gasteiger partial charge in [0.15, 0.2) is 0 Å². The Morgan fingerprint density at radius 3 is 1.65 bits per heavy atom. The molecule has 0 aromatic heterocycles. The van der Waals surface area contributed by atoms with Crippen LogP contribution in [-0.4, -0.2) is 29.1 Å². The molecule has 0 saturated heterocycles. The second-order valence-corrected chi connectivity index (χ2v) is 7.56. The van der Waals surface area contributed by atoms with Gasteiger partial charge in [0.25, 0.3) is 0 Å². The molecule has 0 radical (unpaired) electrons. The van der Waals surface area contributed by atoms with Gasteiger partial charge in [-0.25, -0.2) is 0 Å². The molecule has 0 aromatic carbocycles. The summed E-state index contributed by atoms with van der Waals surface area (Å²) >= 11 is 0. The third-order valence-corrected chi connectivity index (χ3v) is 5.11. The molecule has 0 fully saturated rings. The third kappa shape index (κ3) is 8.13. The largest absolute Gasteiger partial charge is 0.356 e. The van der Waals surface area contributed by atoms with Gasteiger partial charge in [0.1, 0.15) is 6.17 Å². The molecule has 1 aliphatic rings. The van der Waals surface area contributed by atoms with E-state index in [9.17, 15) is 0 Å². The van der Waals surface area contributed by atoms with Crippen LogP contribution in [-0.2, 0) is 0 Å². The smallest absolute Gasteiger partial charge is 0.103 e. The predicted octanol–water partition coefficient (Wildman–Crippen LogP) is 6.39. The first kappa shape index (κ1) is 20.4. The van der Waals surface area contributed by atoms with Crippen molar-refractivity contribution < 1.29 is 0 Å². The van der Waals surface area contributed by atoms with E-state index in [0.29, 0.717) is 12.1 Å². The Labute approximate surface area is 146 Å². The van der Waals surface area contributed by atoms with Crippen molar-refractivity contribution in [3.05, 3.63) is 12.4 Å². The van der Waals surface area contributed by atoms with Gasteiger partial charge in [-0.2, -0.15) is 0 Å². The maximum Gasteiger partial charge on any atom is 0.103 e. The Hall–Kier alpha value is -0.660. The van der Waals surface area contributed by atoms with Crippen molar-refractivity contribution >= 4 is 0 Å². The lowest BCUT2D eigenvalue weighted by molar-refractivity contribution is 0.110. The van der Waals surface area contributed by atoms with Crippen molar-refractivity contribution in [1.29, 1.82) is 0 Å². The molecule has 2 nitrogen and oxygen atoms in total. The van der Waals surface area contributed by atoms with E-state index in [2.05, 4.69) is 49.9 Å². The van der Waals surface area contributed by atoms with E-state index in [1.54, 1.807) is 0 Å². The minimum Gasteiger partial charge on any atom is -0.356 e. The van der Waals surface area contributed by atoms with Crippen LogP contribution < -0.4 is 0 Å². The molecule has 0 aliphatic carbocycles. The molecule has 0 bridgehead atoms. The van der Waals surface area contributed by atoms with Crippen LogP contribution in [0, 0.1) is 5.92 Å². The van der Waals surface area contributed by atoms with Crippen molar-refractivity contribution in [2.24, 2.45) is 5.92 Å². The van der Waals surface area contributed by atoms with Gasteiger partial charge in [0.2, 0.25) is 0 Å². The average molecular weight is 323 g/mol. The number of nitrogens with zero attached hydrogens (tertiary/aromatic N) is 2. The highest BCUT2D eigenvalue weighted by Crippen LogP contribution is 2.23. The van der Waals surface area contributed by atoms with Crippen molar-refractivity contribution in [3.8, 4) is 0 Å². The number of unbranched alkanes of at least 4 members (excludes halogenated alkanes) is 10. The second kappa shape index (κ2) is 12.7. The van der Waals surface area contributed by atoms with Gasteiger partial charge in [-0.1, -0.05) is 85.0 Å². The first-order chi connectivity index (χ1) is 11.2. The Balaban J connectivity index is 1.97. The molecule has 0 spiro atoms. The standard InChI is InChI=1S/C21H42N2/c1-5-7-8-9-10-11-12-13-14-15-16-17-23-19-18-22(6-2)21(23)20(3)4/h18-21H,5-17H2,1-4H3. The summed E-state index contributed by atoms with van der Waals surface area (Å²) in [6, 6.07) is 0. The highest BCUT2D eigenvalue weighted by atomic mass is 15.4. The maximum absolute atomic E-state index is 2.56. The van der Waals surface area contributed by atoms with Crippen molar-refractivity contribution in [2.75, 3.05) is 13.1 Å². The quantitative estimate of drug-likeness (QED) is 0.342. The summed E-state index contributed by atoms with van der Waals surface area (Å²) in [5.41, 5.74) is 0. The molecule has 2 heteroatoms. The molecule has 23 heavy (non-hydrogen) atoms. The Morgan fingerprint density at radius 2 is 1.17 bits per heavy atom. The predicted molar refractivity (Wildman–Crippen MR) is 103 cm³/mol. The lowest BCUT2D eigenvalue weighted by Gasteiger charge is -2.35. The summed E-state index contributed by atoms with van der Waals surface area (Å²) in [5.74, 6) is 0.692. The van der Waals surface area contributed by atoms with E-state index >= 15 is 0 Å². The fraction of sp³-hybridized carbons (Fsp3) is 0.905. The first-order valence-corrected chi connectivity index (χ1v) is 10.4. The van der Waals surface area contributed by atoms with Crippen molar-refractivity contribution in [2.45, 2.75) is 104 Å². The SMILES string of the molecule is CCCCCCCCCCCCCN1C=CN(CC)C1C(C)C. The summed E-state index contributed by atoms with van der Waals surface area (Å²) in [5, 5.41) is 0. The molecule has 1 heterocycles. The van der Waals surface area contributed by atoms with Crippen LogP contribution in [0.15, 0.2) is 12.4 Å². The Bertz CT molecular complexity index is 298. The highest BCUT2D eigenvalue weighted by molar-refractivity contribution is 4.97. The molecule has 0 aromatic rings. The average Bonchev–Trinajstić information content (AvgIpc) is 2.95. The zero-order valence-electron chi connectivity index (χ0n) is 16.4. The van der Waals surface area contributed by atoms with E-state index in [4.69, 9.17) is 0 Å². The molecule has 0 saturated carbocycles. The van der Waals surface area contributed by atoms with Gasteiger partial charge in [0, 0.05) is 25.5 Å². The summed E-state index contributed by atoms with van der Waals surface area (Å²) in [4.78, 5) is 5.03.